The van der Waals surface area contributed by atoms with Gasteiger partial charge in [-0.2, -0.15) is 5.10 Å². The number of thioether (sulfide) groups is 1. The van der Waals surface area contributed by atoms with E-state index in [2.05, 4.69) is 5.10 Å². The summed E-state index contributed by atoms with van der Waals surface area (Å²) in [4.78, 5) is 23.0. The Labute approximate surface area is 159 Å². The molecule has 0 aliphatic rings. The second-order valence-corrected chi connectivity index (χ2v) is 6.60. The van der Waals surface area contributed by atoms with Crippen LogP contribution in [0.5, 0.6) is 0 Å². The second-order valence-electron chi connectivity index (χ2n) is 5.58. The quantitative estimate of drug-likeness (QED) is 0.379. The van der Waals surface area contributed by atoms with Gasteiger partial charge >= 0.3 is 5.97 Å². The predicted octanol–water partition coefficient (Wildman–Crippen LogP) is 4.08. The second kappa shape index (κ2) is 8.46. The molecule has 3 rings (SSSR count). The Morgan fingerprint density at radius 2 is 1.96 bits per heavy atom. The van der Waals surface area contributed by atoms with E-state index < -0.39 is 11.8 Å². The molecular formula is C20H15FN2O3S. The number of carbonyl (C=O) groups is 2. The van der Waals surface area contributed by atoms with Gasteiger partial charge in [-0.1, -0.05) is 18.2 Å². The molecule has 136 valence electrons. The minimum absolute atomic E-state index is 0.193. The van der Waals surface area contributed by atoms with Gasteiger partial charge in [-0.3, -0.25) is 9.59 Å². The molecule has 0 bridgehead atoms. The van der Waals surface area contributed by atoms with Crippen LogP contribution in [0.3, 0.4) is 0 Å². The number of rotatable bonds is 7. The van der Waals surface area contributed by atoms with Gasteiger partial charge in [0.15, 0.2) is 5.78 Å². The molecule has 1 aromatic heterocycles. The lowest BCUT2D eigenvalue weighted by atomic mass is 10.1. The number of aliphatic carboxylic acids is 1. The molecule has 0 spiro atoms. The first-order valence-corrected chi connectivity index (χ1v) is 8.98. The maximum Gasteiger partial charge on any atom is 0.313 e. The number of ketones is 1. The lowest BCUT2D eigenvalue weighted by molar-refractivity contribution is -0.133. The lowest BCUT2D eigenvalue weighted by Gasteiger charge is -2.02. The molecule has 1 N–H and O–H groups in total. The van der Waals surface area contributed by atoms with Crippen molar-refractivity contribution in [1.29, 1.82) is 0 Å². The van der Waals surface area contributed by atoms with Gasteiger partial charge in [0, 0.05) is 22.2 Å². The van der Waals surface area contributed by atoms with Crippen LogP contribution < -0.4 is 0 Å². The smallest absolute Gasteiger partial charge is 0.313 e. The molecule has 0 unspecified atom stereocenters. The van der Waals surface area contributed by atoms with Crippen LogP contribution in [0.2, 0.25) is 0 Å². The van der Waals surface area contributed by atoms with Crippen LogP contribution in [0.1, 0.15) is 15.9 Å². The van der Waals surface area contributed by atoms with Crippen LogP contribution in [-0.2, 0) is 4.79 Å². The number of benzene rings is 2. The highest BCUT2D eigenvalue weighted by Gasteiger charge is 2.10. The van der Waals surface area contributed by atoms with Crippen molar-refractivity contribution in [3.05, 3.63) is 83.9 Å². The Morgan fingerprint density at radius 3 is 2.67 bits per heavy atom. The van der Waals surface area contributed by atoms with Crippen LogP contribution in [-0.4, -0.2) is 32.4 Å². The lowest BCUT2D eigenvalue weighted by Crippen LogP contribution is -2.00. The van der Waals surface area contributed by atoms with Crippen LogP contribution in [0, 0.1) is 5.82 Å². The maximum absolute atomic E-state index is 14.0. The first-order chi connectivity index (χ1) is 13.0. The van der Waals surface area contributed by atoms with E-state index in [4.69, 9.17) is 5.11 Å². The standard InChI is InChI=1S/C20H15FN2O3S/c21-17-10-15(7-9-19(17)27-13-20(25)26)18(24)8-6-14-11-22-23(12-14)16-4-2-1-3-5-16/h1-12H,13H2,(H,25,26). The van der Waals surface area contributed by atoms with Gasteiger partial charge in [-0.15, -0.1) is 11.8 Å². The van der Waals surface area contributed by atoms with Gasteiger partial charge in [-0.25, -0.2) is 9.07 Å². The number of nitrogens with zero attached hydrogens (tertiary/aromatic N) is 2. The van der Waals surface area contributed by atoms with Gasteiger partial charge in [0.05, 0.1) is 17.6 Å². The van der Waals surface area contributed by atoms with E-state index in [0.717, 1.165) is 29.1 Å². The van der Waals surface area contributed by atoms with E-state index in [9.17, 15) is 14.0 Å². The highest BCUT2D eigenvalue weighted by molar-refractivity contribution is 8.00. The van der Waals surface area contributed by atoms with Gasteiger partial charge < -0.3 is 5.11 Å². The molecule has 2 aromatic carbocycles. The summed E-state index contributed by atoms with van der Waals surface area (Å²) in [6.45, 7) is 0. The molecule has 1 heterocycles. The molecule has 5 nitrogen and oxygen atoms in total. The molecule has 27 heavy (non-hydrogen) atoms. The summed E-state index contributed by atoms with van der Waals surface area (Å²) in [5.41, 5.74) is 1.83. The average Bonchev–Trinajstić information content (AvgIpc) is 3.14. The molecule has 0 aliphatic carbocycles. The number of carboxylic acid groups (broad SMARTS) is 1. The summed E-state index contributed by atoms with van der Waals surface area (Å²) >= 11 is 0.872. The maximum atomic E-state index is 14.0. The minimum atomic E-state index is -1.03. The number of hydrogen-bond acceptors (Lipinski definition) is 4. The van der Waals surface area contributed by atoms with Crippen molar-refractivity contribution in [2.45, 2.75) is 4.90 Å². The van der Waals surface area contributed by atoms with Gasteiger partial charge in [-0.05, 0) is 42.5 Å². The molecular weight excluding hydrogens is 367 g/mol. The normalized spacial score (nSPS) is 11.0. The molecule has 0 saturated carbocycles. The third kappa shape index (κ3) is 4.92. The van der Waals surface area contributed by atoms with E-state index >= 15 is 0 Å². The van der Waals surface area contributed by atoms with Gasteiger partial charge in [0.1, 0.15) is 5.82 Å². The third-order valence-electron chi connectivity index (χ3n) is 3.62. The first-order valence-electron chi connectivity index (χ1n) is 7.99. The number of allylic oxidation sites excluding steroid dienone is 1. The first kappa shape index (κ1) is 18.6. The Hall–Kier alpha value is -3.19. The summed E-state index contributed by atoms with van der Waals surface area (Å²) in [7, 11) is 0. The van der Waals surface area contributed by atoms with E-state index in [-0.39, 0.29) is 22.0 Å². The fourth-order valence-electron chi connectivity index (χ4n) is 2.32. The van der Waals surface area contributed by atoms with Crippen molar-refractivity contribution in [1.82, 2.24) is 9.78 Å². The van der Waals surface area contributed by atoms with Crippen LogP contribution in [0.25, 0.3) is 11.8 Å². The third-order valence-corrected chi connectivity index (χ3v) is 4.65. The van der Waals surface area contributed by atoms with Crippen molar-refractivity contribution in [3.63, 3.8) is 0 Å². The van der Waals surface area contributed by atoms with Gasteiger partial charge in [0.2, 0.25) is 0 Å². The van der Waals surface area contributed by atoms with E-state index in [1.807, 2.05) is 30.3 Å². The fourth-order valence-corrected chi connectivity index (χ4v) is 2.96. The van der Waals surface area contributed by atoms with E-state index in [0.29, 0.717) is 0 Å². The van der Waals surface area contributed by atoms with Crippen molar-refractivity contribution < 1.29 is 19.1 Å². The predicted molar refractivity (Wildman–Crippen MR) is 102 cm³/mol. The summed E-state index contributed by atoms with van der Waals surface area (Å²) < 4.78 is 15.7. The highest BCUT2D eigenvalue weighted by Crippen LogP contribution is 2.23. The van der Waals surface area contributed by atoms with E-state index in [1.165, 1.54) is 18.2 Å². The van der Waals surface area contributed by atoms with Crippen molar-refractivity contribution in [3.8, 4) is 5.69 Å². The van der Waals surface area contributed by atoms with Crippen LogP contribution in [0.15, 0.2) is 71.9 Å². The Balaban J connectivity index is 1.69. The van der Waals surface area contributed by atoms with Crippen LogP contribution >= 0.6 is 11.8 Å². The zero-order chi connectivity index (χ0) is 19.2. The SMILES string of the molecule is O=C(O)CSc1ccc(C(=O)C=Cc2cnn(-c3ccccc3)c2)cc1F. The van der Waals surface area contributed by atoms with E-state index in [1.54, 1.807) is 23.2 Å². The molecule has 0 atom stereocenters. The summed E-state index contributed by atoms with van der Waals surface area (Å²) in [6, 6.07) is 13.6. The molecule has 0 aliphatic heterocycles. The molecule has 0 amide bonds. The molecule has 7 heteroatoms. The Kier molecular flexibility index (Phi) is 5.83. The van der Waals surface area contributed by atoms with Gasteiger partial charge in [0.25, 0.3) is 0 Å². The molecule has 0 radical (unpaired) electrons. The Bertz CT molecular complexity index is 999. The topological polar surface area (TPSA) is 72.2 Å². The number of para-hydroxylation sites is 1. The van der Waals surface area contributed by atoms with Crippen molar-refractivity contribution in [2.75, 3.05) is 5.75 Å². The summed E-state index contributed by atoms with van der Waals surface area (Å²) in [6.07, 6.45) is 6.37. The molecule has 3 aromatic rings. The average molecular weight is 382 g/mol. The minimum Gasteiger partial charge on any atom is -0.481 e. The number of halogens is 1. The summed E-state index contributed by atoms with van der Waals surface area (Å²) in [5, 5.41) is 12.9. The largest absolute Gasteiger partial charge is 0.481 e. The van der Waals surface area contributed by atoms with Crippen LogP contribution in [0.4, 0.5) is 4.39 Å². The number of hydrogen-bond donors (Lipinski definition) is 1. The summed E-state index contributed by atoms with van der Waals surface area (Å²) in [5.74, 6) is -2.23. The van der Waals surface area contributed by atoms with Crippen molar-refractivity contribution in [2.24, 2.45) is 0 Å². The zero-order valence-corrected chi connectivity index (χ0v) is 14.9. The highest BCUT2D eigenvalue weighted by atomic mass is 32.2. The molecule has 0 fully saturated rings. The number of aromatic nitrogens is 2. The monoisotopic (exact) mass is 382 g/mol. The number of carboxylic acids is 1. The molecule has 0 saturated heterocycles. The van der Waals surface area contributed by atoms with Crippen molar-refractivity contribution >= 4 is 29.6 Å². The number of carbonyl (C=O) groups excluding carboxylic acids is 1. The zero-order valence-electron chi connectivity index (χ0n) is 14.1. The fraction of sp³-hybridized carbons (Fsp3) is 0.0500. The Morgan fingerprint density at radius 1 is 1.19 bits per heavy atom.